The van der Waals surface area contributed by atoms with Crippen molar-refractivity contribution in [1.29, 1.82) is 0 Å². The van der Waals surface area contributed by atoms with Crippen molar-refractivity contribution >= 4 is 5.82 Å². The second kappa shape index (κ2) is 7.77. The van der Waals surface area contributed by atoms with Crippen molar-refractivity contribution in [3.8, 4) is 0 Å². The number of hydrogen-bond donors (Lipinski definition) is 1. The fourth-order valence-corrected chi connectivity index (χ4v) is 2.55. The number of ether oxygens (including phenoxy) is 2. The lowest BCUT2D eigenvalue weighted by Crippen LogP contribution is -2.33. The minimum Gasteiger partial charge on any atom is -0.383 e. The predicted octanol–water partition coefficient (Wildman–Crippen LogP) is 1.08. The summed E-state index contributed by atoms with van der Waals surface area (Å²) in [6.07, 6.45) is 2.59. The van der Waals surface area contributed by atoms with Crippen molar-refractivity contribution in [3.63, 3.8) is 0 Å². The van der Waals surface area contributed by atoms with E-state index in [2.05, 4.69) is 22.2 Å². The normalized spacial score (nSPS) is 14.7. The standard InChI is InChI=1S/C15H28N4O2/c1-12-14(11-16-13-5-6-13)15(18(2)17-12)19(7-9-20-3)8-10-21-4/h13,16H,5-11H2,1-4H3. The molecule has 1 aliphatic rings. The van der Waals surface area contributed by atoms with E-state index in [-0.39, 0.29) is 0 Å². The lowest BCUT2D eigenvalue weighted by Gasteiger charge is -2.25. The minimum absolute atomic E-state index is 0.698. The molecule has 1 aromatic rings. The minimum atomic E-state index is 0.698. The Balaban J connectivity index is 2.14. The van der Waals surface area contributed by atoms with Crippen LogP contribution in [0, 0.1) is 6.92 Å². The van der Waals surface area contributed by atoms with Crippen molar-refractivity contribution in [3.05, 3.63) is 11.3 Å². The van der Waals surface area contributed by atoms with Gasteiger partial charge in [-0.25, -0.2) is 0 Å². The van der Waals surface area contributed by atoms with Gasteiger partial charge in [0.25, 0.3) is 0 Å². The summed E-state index contributed by atoms with van der Waals surface area (Å²) in [4.78, 5) is 2.30. The van der Waals surface area contributed by atoms with Gasteiger partial charge in [0.1, 0.15) is 5.82 Å². The Morgan fingerprint density at radius 2 is 1.86 bits per heavy atom. The quantitative estimate of drug-likeness (QED) is 0.700. The predicted molar refractivity (Wildman–Crippen MR) is 83.8 cm³/mol. The molecule has 0 radical (unpaired) electrons. The second-order valence-electron chi connectivity index (χ2n) is 5.64. The van der Waals surface area contributed by atoms with Crippen LogP contribution in [0.25, 0.3) is 0 Å². The van der Waals surface area contributed by atoms with Crippen LogP contribution >= 0.6 is 0 Å². The molecule has 0 spiro atoms. The Morgan fingerprint density at radius 1 is 1.24 bits per heavy atom. The van der Waals surface area contributed by atoms with Crippen molar-refractivity contribution in [1.82, 2.24) is 15.1 Å². The summed E-state index contributed by atoms with van der Waals surface area (Å²) in [6.45, 7) is 6.05. The number of nitrogens with one attached hydrogen (secondary N) is 1. The lowest BCUT2D eigenvalue weighted by molar-refractivity contribution is 0.189. The molecular weight excluding hydrogens is 268 g/mol. The molecular formula is C15H28N4O2. The fourth-order valence-electron chi connectivity index (χ4n) is 2.55. The third kappa shape index (κ3) is 4.43. The lowest BCUT2D eigenvalue weighted by atomic mass is 10.2. The number of methoxy groups -OCH3 is 2. The first-order chi connectivity index (χ1) is 10.2. The molecule has 1 aromatic heterocycles. The fraction of sp³-hybridized carbons (Fsp3) is 0.800. The maximum absolute atomic E-state index is 5.24. The van der Waals surface area contributed by atoms with Crippen LogP contribution in [-0.4, -0.2) is 56.3 Å². The largest absolute Gasteiger partial charge is 0.383 e. The van der Waals surface area contributed by atoms with Crippen molar-refractivity contribution in [2.24, 2.45) is 7.05 Å². The molecule has 0 atom stereocenters. The Labute approximate surface area is 127 Å². The molecule has 1 saturated carbocycles. The van der Waals surface area contributed by atoms with Crippen LogP contribution in [-0.2, 0) is 23.1 Å². The molecule has 0 amide bonds. The van der Waals surface area contributed by atoms with E-state index < -0.39 is 0 Å². The highest BCUT2D eigenvalue weighted by molar-refractivity contribution is 5.50. The number of nitrogens with zero attached hydrogens (tertiary/aromatic N) is 3. The van der Waals surface area contributed by atoms with E-state index in [9.17, 15) is 0 Å². The summed E-state index contributed by atoms with van der Waals surface area (Å²) in [5.41, 5.74) is 2.39. The highest BCUT2D eigenvalue weighted by Crippen LogP contribution is 2.25. The molecule has 1 aliphatic carbocycles. The molecule has 120 valence electrons. The summed E-state index contributed by atoms with van der Waals surface area (Å²) < 4.78 is 12.5. The summed E-state index contributed by atoms with van der Waals surface area (Å²) in [5.74, 6) is 1.18. The summed E-state index contributed by atoms with van der Waals surface area (Å²) in [6, 6.07) is 0.698. The van der Waals surface area contributed by atoms with Crippen molar-refractivity contribution < 1.29 is 9.47 Å². The van der Waals surface area contributed by atoms with Gasteiger partial charge in [-0.1, -0.05) is 0 Å². The third-order valence-corrected chi connectivity index (χ3v) is 3.89. The third-order valence-electron chi connectivity index (χ3n) is 3.89. The molecule has 1 heterocycles. The Morgan fingerprint density at radius 3 is 2.38 bits per heavy atom. The van der Waals surface area contributed by atoms with Crippen LogP contribution < -0.4 is 10.2 Å². The van der Waals surface area contributed by atoms with Gasteiger partial charge in [-0.05, 0) is 19.8 Å². The van der Waals surface area contributed by atoms with Gasteiger partial charge in [0.05, 0.1) is 18.9 Å². The number of anilines is 1. The van der Waals surface area contributed by atoms with Crippen LogP contribution in [0.4, 0.5) is 5.82 Å². The number of aryl methyl sites for hydroxylation is 2. The van der Waals surface area contributed by atoms with E-state index in [1.54, 1.807) is 14.2 Å². The molecule has 1 N–H and O–H groups in total. The van der Waals surface area contributed by atoms with E-state index in [0.29, 0.717) is 19.3 Å². The van der Waals surface area contributed by atoms with Gasteiger partial charge < -0.3 is 19.7 Å². The maximum Gasteiger partial charge on any atom is 0.131 e. The zero-order valence-electron chi connectivity index (χ0n) is 13.7. The van der Waals surface area contributed by atoms with Crippen LogP contribution in [0.3, 0.4) is 0 Å². The summed E-state index contributed by atoms with van der Waals surface area (Å²) >= 11 is 0. The van der Waals surface area contributed by atoms with E-state index in [1.165, 1.54) is 24.2 Å². The number of hydrogen-bond acceptors (Lipinski definition) is 5. The highest BCUT2D eigenvalue weighted by Gasteiger charge is 2.24. The summed E-state index contributed by atoms with van der Waals surface area (Å²) in [5, 5.41) is 8.19. The van der Waals surface area contributed by atoms with Gasteiger partial charge in [-0.15, -0.1) is 0 Å². The second-order valence-corrected chi connectivity index (χ2v) is 5.64. The van der Waals surface area contributed by atoms with E-state index in [1.807, 2.05) is 11.7 Å². The molecule has 0 bridgehead atoms. The van der Waals surface area contributed by atoms with E-state index in [4.69, 9.17) is 9.47 Å². The Kier molecular flexibility index (Phi) is 6.02. The zero-order chi connectivity index (χ0) is 15.2. The van der Waals surface area contributed by atoms with E-state index in [0.717, 1.165) is 25.3 Å². The van der Waals surface area contributed by atoms with E-state index >= 15 is 0 Å². The Bertz CT molecular complexity index is 435. The molecule has 0 aliphatic heterocycles. The first kappa shape index (κ1) is 16.3. The Hall–Kier alpha value is -1.11. The zero-order valence-corrected chi connectivity index (χ0v) is 13.7. The topological polar surface area (TPSA) is 51.6 Å². The molecule has 6 heteroatoms. The molecule has 6 nitrogen and oxygen atoms in total. The highest BCUT2D eigenvalue weighted by atomic mass is 16.5. The average molecular weight is 296 g/mol. The monoisotopic (exact) mass is 296 g/mol. The SMILES string of the molecule is COCCN(CCOC)c1c(CNC2CC2)c(C)nn1C. The van der Waals surface area contributed by atoms with Crippen molar-refractivity contribution in [2.45, 2.75) is 32.4 Å². The average Bonchev–Trinajstić information content (AvgIpc) is 3.24. The van der Waals surface area contributed by atoms with Gasteiger partial charge >= 0.3 is 0 Å². The van der Waals surface area contributed by atoms with Crippen LogP contribution in [0.15, 0.2) is 0 Å². The van der Waals surface area contributed by atoms with Gasteiger partial charge in [0.15, 0.2) is 0 Å². The van der Waals surface area contributed by atoms with Gasteiger partial charge in [0, 0.05) is 52.5 Å². The van der Waals surface area contributed by atoms with Crippen LogP contribution in [0.2, 0.25) is 0 Å². The van der Waals surface area contributed by atoms with Gasteiger partial charge in [-0.3, -0.25) is 4.68 Å². The van der Waals surface area contributed by atoms with Crippen molar-refractivity contribution in [2.75, 3.05) is 45.4 Å². The molecule has 0 saturated heterocycles. The van der Waals surface area contributed by atoms with Gasteiger partial charge in [0.2, 0.25) is 0 Å². The molecule has 2 rings (SSSR count). The maximum atomic E-state index is 5.24. The smallest absolute Gasteiger partial charge is 0.131 e. The first-order valence-corrected chi connectivity index (χ1v) is 7.66. The molecule has 21 heavy (non-hydrogen) atoms. The molecule has 0 aromatic carbocycles. The number of aromatic nitrogens is 2. The van der Waals surface area contributed by atoms with Crippen LogP contribution in [0.5, 0.6) is 0 Å². The van der Waals surface area contributed by atoms with Crippen LogP contribution in [0.1, 0.15) is 24.1 Å². The summed E-state index contributed by atoms with van der Waals surface area (Å²) in [7, 11) is 5.48. The molecule has 1 fully saturated rings. The van der Waals surface area contributed by atoms with Gasteiger partial charge in [-0.2, -0.15) is 5.10 Å². The molecule has 0 unspecified atom stereocenters. The first-order valence-electron chi connectivity index (χ1n) is 7.66. The number of rotatable bonds is 10.